The summed E-state index contributed by atoms with van der Waals surface area (Å²) in [7, 11) is 0. The molecule has 0 amide bonds. The molecule has 1 heterocycles. The van der Waals surface area contributed by atoms with Crippen molar-refractivity contribution in [3.05, 3.63) is 57.5 Å². The van der Waals surface area contributed by atoms with E-state index in [1.54, 1.807) is 30.6 Å². The van der Waals surface area contributed by atoms with Gasteiger partial charge in [-0.25, -0.2) is 0 Å². The number of aliphatic hydroxyl groups is 1. The van der Waals surface area contributed by atoms with Gasteiger partial charge in [-0.2, -0.15) is 0 Å². The molecular formula is C11H8BrClN2O. The lowest BCUT2D eigenvalue weighted by atomic mass is 10.1. The first kappa shape index (κ1) is 11.5. The highest BCUT2D eigenvalue weighted by molar-refractivity contribution is 9.10. The average Bonchev–Trinajstić information content (AvgIpc) is 2.33. The Bertz CT molecular complexity index is 493. The zero-order valence-electron chi connectivity index (χ0n) is 8.14. The summed E-state index contributed by atoms with van der Waals surface area (Å²) in [5.74, 6) is 0. The molecule has 5 heteroatoms. The second kappa shape index (κ2) is 4.91. The van der Waals surface area contributed by atoms with Crippen LogP contribution in [0.1, 0.15) is 17.4 Å². The van der Waals surface area contributed by atoms with Gasteiger partial charge in [0.15, 0.2) is 0 Å². The molecule has 1 atom stereocenters. The number of aliphatic hydroxyl groups excluding tert-OH is 1. The molecule has 82 valence electrons. The summed E-state index contributed by atoms with van der Waals surface area (Å²) in [6.07, 6.45) is 3.82. The van der Waals surface area contributed by atoms with Crippen molar-refractivity contribution in [2.45, 2.75) is 6.10 Å². The molecule has 0 radical (unpaired) electrons. The van der Waals surface area contributed by atoms with Gasteiger partial charge in [0.1, 0.15) is 6.10 Å². The third-order valence-corrected chi connectivity index (χ3v) is 3.36. The van der Waals surface area contributed by atoms with E-state index in [1.807, 2.05) is 0 Å². The van der Waals surface area contributed by atoms with Gasteiger partial charge < -0.3 is 5.11 Å². The zero-order valence-corrected chi connectivity index (χ0v) is 10.5. The van der Waals surface area contributed by atoms with E-state index in [4.69, 9.17) is 11.6 Å². The molecule has 0 aliphatic carbocycles. The highest BCUT2D eigenvalue weighted by Gasteiger charge is 2.12. The van der Waals surface area contributed by atoms with Crippen LogP contribution in [-0.4, -0.2) is 15.1 Å². The predicted octanol–water partition coefficient (Wildman–Crippen LogP) is 2.97. The Kier molecular flexibility index (Phi) is 3.53. The largest absolute Gasteiger partial charge is 0.382 e. The fourth-order valence-corrected chi connectivity index (χ4v) is 1.74. The summed E-state index contributed by atoms with van der Waals surface area (Å²) in [6, 6.07) is 5.28. The van der Waals surface area contributed by atoms with Crippen molar-refractivity contribution in [1.29, 1.82) is 0 Å². The van der Waals surface area contributed by atoms with Crippen LogP contribution in [0.25, 0.3) is 0 Å². The lowest BCUT2D eigenvalue weighted by Crippen LogP contribution is -2.02. The van der Waals surface area contributed by atoms with E-state index in [2.05, 4.69) is 25.9 Å². The molecule has 0 saturated carbocycles. The molecule has 0 aliphatic rings. The van der Waals surface area contributed by atoms with Crippen LogP contribution in [-0.2, 0) is 0 Å². The summed E-state index contributed by atoms with van der Waals surface area (Å²) in [5.41, 5.74) is 1.19. The van der Waals surface area contributed by atoms with Gasteiger partial charge in [0.25, 0.3) is 0 Å². The van der Waals surface area contributed by atoms with Gasteiger partial charge in [0, 0.05) is 16.9 Å². The standard InChI is InChI=1S/C11H8BrClN2O/c12-8-2-1-7(5-9(8)13)11(16)10-6-14-3-4-15-10/h1-6,11,16H. The van der Waals surface area contributed by atoms with Gasteiger partial charge in [-0.15, -0.1) is 0 Å². The predicted molar refractivity (Wildman–Crippen MR) is 65.2 cm³/mol. The Balaban J connectivity index is 2.34. The number of hydrogen-bond acceptors (Lipinski definition) is 3. The fraction of sp³-hybridized carbons (Fsp3) is 0.0909. The van der Waals surface area contributed by atoms with Crippen LogP contribution in [0.3, 0.4) is 0 Å². The van der Waals surface area contributed by atoms with Crippen LogP contribution in [0.2, 0.25) is 5.02 Å². The van der Waals surface area contributed by atoms with E-state index < -0.39 is 6.10 Å². The van der Waals surface area contributed by atoms with Gasteiger partial charge in [-0.1, -0.05) is 17.7 Å². The molecule has 0 spiro atoms. The topological polar surface area (TPSA) is 46.0 Å². The van der Waals surface area contributed by atoms with Crippen LogP contribution < -0.4 is 0 Å². The quantitative estimate of drug-likeness (QED) is 0.927. The van der Waals surface area contributed by atoms with Gasteiger partial charge in [-0.3, -0.25) is 9.97 Å². The van der Waals surface area contributed by atoms with Crippen molar-refractivity contribution >= 4 is 27.5 Å². The van der Waals surface area contributed by atoms with E-state index in [-0.39, 0.29) is 0 Å². The van der Waals surface area contributed by atoms with Crippen molar-refractivity contribution in [1.82, 2.24) is 9.97 Å². The van der Waals surface area contributed by atoms with Gasteiger partial charge in [0.05, 0.1) is 16.9 Å². The minimum Gasteiger partial charge on any atom is -0.382 e. The maximum Gasteiger partial charge on any atom is 0.123 e. The Morgan fingerprint density at radius 2 is 2.12 bits per heavy atom. The third-order valence-electron chi connectivity index (χ3n) is 2.12. The molecule has 0 fully saturated rings. The van der Waals surface area contributed by atoms with Crippen LogP contribution in [0.15, 0.2) is 41.3 Å². The molecular weight excluding hydrogens is 291 g/mol. The van der Waals surface area contributed by atoms with Crippen molar-refractivity contribution in [2.75, 3.05) is 0 Å². The van der Waals surface area contributed by atoms with Crippen LogP contribution in [0.4, 0.5) is 0 Å². The van der Waals surface area contributed by atoms with E-state index in [0.717, 1.165) is 4.47 Å². The minimum absolute atomic E-state index is 0.501. The number of rotatable bonds is 2. The fourth-order valence-electron chi connectivity index (χ4n) is 1.31. The molecule has 0 bridgehead atoms. The summed E-state index contributed by atoms with van der Waals surface area (Å²) in [6.45, 7) is 0. The van der Waals surface area contributed by atoms with Crippen molar-refractivity contribution in [3.8, 4) is 0 Å². The Morgan fingerprint density at radius 1 is 1.31 bits per heavy atom. The zero-order chi connectivity index (χ0) is 11.5. The molecule has 1 N–H and O–H groups in total. The van der Waals surface area contributed by atoms with Gasteiger partial charge >= 0.3 is 0 Å². The lowest BCUT2D eigenvalue weighted by molar-refractivity contribution is 0.215. The molecule has 1 aromatic carbocycles. The molecule has 0 saturated heterocycles. The number of nitrogens with zero attached hydrogens (tertiary/aromatic N) is 2. The first-order valence-electron chi connectivity index (χ1n) is 4.57. The number of aromatic nitrogens is 2. The lowest BCUT2D eigenvalue weighted by Gasteiger charge is -2.10. The first-order valence-corrected chi connectivity index (χ1v) is 5.74. The summed E-state index contributed by atoms with van der Waals surface area (Å²) in [5, 5.41) is 10.6. The SMILES string of the molecule is OC(c1ccc(Br)c(Cl)c1)c1cnccn1. The summed E-state index contributed by atoms with van der Waals surface area (Å²) >= 11 is 9.24. The van der Waals surface area contributed by atoms with E-state index >= 15 is 0 Å². The second-order valence-corrected chi connectivity index (χ2v) is 4.47. The van der Waals surface area contributed by atoms with Crippen LogP contribution in [0.5, 0.6) is 0 Å². The third kappa shape index (κ3) is 2.40. The minimum atomic E-state index is -0.806. The molecule has 0 aliphatic heterocycles. The molecule has 1 unspecified atom stereocenters. The van der Waals surface area contributed by atoms with Crippen LogP contribution in [0, 0.1) is 0 Å². The number of benzene rings is 1. The Labute approximate surface area is 106 Å². The number of halogens is 2. The molecule has 1 aromatic heterocycles. The van der Waals surface area contributed by atoms with Gasteiger partial charge in [-0.05, 0) is 33.6 Å². The first-order chi connectivity index (χ1) is 7.68. The summed E-state index contributed by atoms with van der Waals surface area (Å²) < 4.78 is 0.796. The monoisotopic (exact) mass is 298 g/mol. The highest BCUT2D eigenvalue weighted by Crippen LogP contribution is 2.27. The van der Waals surface area contributed by atoms with E-state index in [1.165, 1.54) is 6.20 Å². The number of hydrogen-bond donors (Lipinski definition) is 1. The van der Waals surface area contributed by atoms with E-state index in [0.29, 0.717) is 16.3 Å². The molecule has 2 rings (SSSR count). The Morgan fingerprint density at radius 3 is 2.75 bits per heavy atom. The highest BCUT2D eigenvalue weighted by atomic mass is 79.9. The van der Waals surface area contributed by atoms with Crippen molar-refractivity contribution < 1.29 is 5.11 Å². The van der Waals surface area contributed by atoms with Crippen LogP contribution >= 0.6 is 27.5 Å². The maximum atomic E-state index is 10.0. The Hall–Kier alpha value is -0.970. The second-order valence-electron chi connectivity index (χ2n) is 3.21. The normalized spacial score (nSPS) is 12.4. The molecule has 2 aromatic rings. The average molecular weight is 300 g/mol. The van der Waals surface area contributed by atoms with Crippen molar-refractivity contribution in [3.63, 3.8) is 0 Å². The smallest absolute Gasteiger partial charge is 0.123 e. The molecule has 16 heavy (non-hydrogen) atoms. The maximum absolute atomic E-state index is 10.0. The summed E-state index contributed by atoms with van der Waals surface area (Å²) in [4.78, 5) is 7.95. The van der Waals surface area contributed by atoms with Gasteiger partial charge in [0.2, 0.25) is 0 Å². The molecule has 3 nitrogen and oxygen atoms in total. The van der Waals surface area contributed by atoms with Crippen molar-refractivity contribution in [2.24, 2.45) is 0 Å². The van der Waals surface area contributed by atoms with E-state index in [9.17, 15) is 5.11 Å².